The van der Waals surface area contributed by atoms with Crippen LogP contribution in [0.15, 0.2) is 0 Å². The first-order valence-electron chi connectivity index (χ1n) is 3.15. The highest BCUT2D eigenvalue weighted by Crippen LogP contribution is 2.13. The van der Waals surface area contributed by atoms with Crippen molar-refractivity contribution in [2.45, 2.75) is 32.1 Å². The molecule has 1 rings (SSSR count). The summed E-state index contributed by atoms with van der Waals surface area (Å²) in [6.45, 7) is 0. The lowest BCUT2D eigenvalue weighted by atomic mass is 10.2. The fourth-order valence-corrected chi connectivity index (χ4v) is 0.937. The molecule has 0 heterocycles. The molecule has 0 atom stereocenters. The van der Waals surface area contributed by atoms with Gasteiger partial charge in [0, 0.05) is 0 Å². The Kier molecular flexibility index (Phi) is 2.25. The quantitative estimate of drug-likeness (QED) is 0.406. The summed E-state index contributed by atoms with van der Waals surface area (Å²) in [6, 6.07) is 0. The van der Waals surface area contributed by atoms with E-state index in [1.54, 1.807) is 0 Å². The molecule has 1 aliphatic carbocycles. The molecule has 1 saturated carbocycles. The summed E-state index contributed by atoms with van der Waals surface area (Å²) < 4.78 is 0. The molecule has 2 radical (unpaired) electrons. The van der Waals surface area contributed by atoms with Crippen LogP contribution in [0.1, 0.15) is 32.1 Å². The Labute approximate surface area is 45.9 Å². The second-order valence-corrected chi connectivity index (χ2v) is 2.11. The fourth-order valence-electron chi connectivity index (χ4n) is 0.937. The summed E-state index contributed by atoms with van der Waals surface area (Å²) in [5, 5.41) is 0. The van der Waals surface area contributed by atoms with Crippen molar-refractivity contribution in [3.05, 3.63) is 12.8 Å². The predicted molar refractivity (Wildman–Crippen MR) is 31.7 cm³/mol. The predicted octanol–water partition coefficient (Wildman–Crippen LogP) is 2.36. The molecule has 1 fully saturated rings. The zero-order valence-corrected chi connectivity index (χ0v) is 4.69. The topological polar surface area (TPSA) is 0 Å². The molecule has 0 amide bonds. The third-order valence-electron chi connectivity index (χ3n) is 1.41. The van der Waals surface area contributed by atoms with Gasteiger partial charge in [0.05, 0.1) is 0 Å². The van der Waals surface area contributed by atoms with Crippen LogP contribution in [0.25, 0.3) is 0 Å². The van der Waals surface area contributed by atoms with Crippen LogP contribution in [0.4, 0.5) is 0 Å². The Morgan fingerprint density at radius 1 is 0.714 bits per heavy atom. The summed E-state index contributed by atoms with van der Waals surface area (Å²) in [5.41, 5.74) is 0. The monoisotopic (exact) mass is 96.1 g/mol. The Hall–Kier alpha value is 0. The van der Waals surface area contributed by atoms with Gasteiger partial charge in [0.25, 0.3) is 0 Å². The number of rotatable bonds is 0. The van der Waals surface area contributed by atoms with E-state index in [-0.39, 0.29) is 0 Å². The van der Waals surface area contributed by atoms with Crippen LogP contribution in [0.3, 0.4) is 0 Å². The van der Waals surface area contributed by atoms with Gasteiger partial charge in [-0.05, 0) is 25.7 Å². The van der Waals surface area contributed by atoms with Crippen LogP contribution in [0.5, 0.6) is 0 Å². The summed E-state index contributed by atoms with van der Waals surface area (Å²) >= 11 is 0. The fraction of sp³-hybridized carbons (Fsp3) is 0.714. The van der Waals surface area contributed by atoms with Crippen LogP contribution < -0.4 is 0 Å². The molecule has 0 N–H and O–H groups in total. The average Bonchev–Trinajstić information content (AvgIpc) is 1.90. The van der Waals surface area contributed by atoms with E-state index in [1.165, 1.54) is 32.1 Å². The Balaban J connectivity index is 2.04. The molecule has 0 unspecified atom stereocenters. The molecule has 0 aromatic carbocycles. The third-order valence-corrected chi connectivity index (χ3v) is 1.41. The zero-order chi connectivity index (χ0) is 4.95. The van der Waals surface area contributed by atoms with Gasteiger partial charge < -0.3 is 0 Å². The average molecular weight is 96.2 g/mol. The molecule has 1 aliphatic rings. The van der Waals surface area contributed by atoms with E-state index in [0.717, 1.165) is 0 Å². The zero-order valence-electron chi connectivity index (χ0n) is 4.69. The maximum Gasteiger partial charge on any atom is -0.0352 e. The normalized spacial score (nSPS) is 24.0. The first-order valence-corrected chi connectivity index (χ1v) is 3.15. The van der Waals surface area contributed by atoms with E-state index in [9.17, 15) is 0 Å². The summed E-state index contributed by atoms with van der Waals surface area (Å²) in [7, 11) is 0. The first kappa shape index (κ1) is 5.14. The van der Waals surface area contributed by atoms with Crippen molar-refractivity contribution >= 4 is 0 Å². The highest BCUT2D eigenvalue weighted by atomic mass is 14.0. The molecule has 0 heteroatoms. The standard InChI is InChI=1S/C7H12/c1-2-4-6-7-5-3-1/h1-2H,3-7H2. The second-order valence-electron chi connectivity index (χ2n) is 2.11. The van der Waals surface area contributed by atoms with Gasteiger partial charge >= 0.3 is 0 Å². The molecule has 0 bridgehead atoms. The molecule has 0 aliphatic heterocycles. The van der Waals surface area contributed by atoms with Crippen LogP contribution in [-0.2, 0) is 0 Å². The van der Waals surface area contributed by atoms with Gasteiger partial charge in [-0.3, -0.25) is 0 Å². The lowest BCUT2D eigenvalue weighted by Gasteiger charge is -1.85. The van der Waals surface area contributed by atoms with E-state index < -0.39 is 0 Å². The van der Waals surface area contributed by atoms with Crippen molar-refractivity contribution in [2.75, 3.05) is 0 Å². The molecule has 0 aromatic rings. The van der Waals surface area contributed by atoms with Crippen molar-refractivity contribution in [3.8, 4) is 0 Å². The van der Waals surface area contributed by atoms with Gasteiger partial charge in [-0.25, -0.2) is 0 Å². The minimum absolute atomic E-state index is 1.32. The molecule has 40 valence electrons. The van der Waals surface area contributed by atoms with Gasteiger partial charge in [-0.15, -0.1) is 0 Å². The lowest BCUT2D eigenvalue weighted by Crippen LogP contribution is -1.69. The number of hydrogen-bond donors (Lipinski definition) is 0. The molecule has 0 nitrogen and oxygen atoms in total. The molecule has 7 heavy (non-hydrogen) atoms. The first-order chi connectivity index (χ1) is 3.50. The molecule has 0 spiro atoms. The SMILES string of the molecule is [CH]1[CH]CCCCC1. The van der Waals surface area contributed by atoms with E-state index in [1.807, 2.05) is 0 Å². The Morgan fingerprint density at radius 2 is 1.29 bits per heavy atom. The Bertz CT molecular complexity index is 19.7. The van der Waals surface area contributed by atoms with Gasteiger partial charge in [0.15, 0.2) is 0 Å². The van der Waals surface area contributed by atoms with Crippen molar-refractivity contribution in [1.29, 1.82) is 0 Å². The van der Waals surface area contributed by atoms with Gasteiger partial charge in [-0.2, -0.15) is 0 Å². The van der Waals surface area contributed by atoms with Crippen LogP contribution >= 0.6 is 0 Å². The van der Waals surface area contributed by atoms with Crippen LogP contribution in [0.2, 0.25) is 0 Å². The van der Waals surface area contributed by atoms with Crippen molar-refractivity contribution < 1.29 is 0 Å². The molecular weight excluding hydrogens is 84.1 g/mol. The highest BCUT2D eigenvalue weighted by Gasteiger charge is 1.96. The molecule has 0 aromatic heterocycles. The van der Waals surface area contributed by atoms with Crippen LogP contribution in [0, 0.1) is 12.8 Å². The van der Waals surface area contributed by atoms with Crippen molar-refractivity contribution in [1.82, 2.24) is 0 Å². The summed E-state index contributed by atoms with van der Waals surface area (Å²) in [5.74, 6) is 0. The van der Waals surface area contributed by atoms with Crippen LogP contribution in [-0.4, -0.2) is 0 Å². The highest BCUT2D eigenvalue weighted by molar-refractivity contribution is 4.85. The van der Waals surface area contributed by atoms with E-state index in [4.69, 9.17) is 0 Å². The number of hydrogen-bond acceptors (Lipinski definition) is 0. The minimum Gasteiger partial charge on any atom is -0.0533 e. The minimum atomic E-state index is 1.32. The molecular formula is C7H12. The maximum atomic E-state index is 2.30. The molecule has 0 saturated heterocycles. The second kappa shape index (κ2) is 3.06. The lowest BCUT2D eigenvalue weighted by molar-refractivity contribution is 0.718. The van der Waals surface area contributed by atoms with E-state index in [0.29, 0.717) is 0 Å². The van der Waals surface area contributed by atoms with Gasteiger partial charge in [0.1, 0.15) is 0 Å². The Morgan fingerprint density at radius 3 is 1.86 bits per heavy atom. The van der Waals surface area contributed by atoms with E-state index in [2.05, 4.69) is 12.8 Å². The van der Waals surface area contributed by atoms with Gasteiger partial charge in [-0.1, -0.05) is 19.3 Å². The summed E-state index contributed by atoms with van der Waals surface area (Å²) in [6.07, 6.45) is 11.5. The van der Waals surface area contributed by atoms with Crippen molar-refractivity contribution in [2.24, 2.45) is 0 Å². The van der Waals surface area contributed by atoms with Gasteiger partial charge in [0.2, 0.25) is 0 Å². The largest absolute Gasteiger partial charge is 0.0533 e. The smallest absolute Gasteiger partial charge is 0.0352 e. The maximum absolute atomic E-state index is 2.30. The third kappa shape index (κ3) is 1.96. The summed E-state index contributed by atoms with van der Waals surface area (Å²) in [4.78, 5) is 0. The van der Waals surface area contributed by atoms with E-state index >= 15 is 0 Å². The van der Waals surface area contributed by atoms with Crippen molar-refractivity contribution in [3.63, 3.8) is 0 Å².